The van der Waals surface area contributed by atoms with Gasteiger partial charge in [0.2, 0.25) is 0 Å². The third kappa shape index (κ3) is 2.34. The number of fused-ring (bicyclic) bond motifs is 1. The van der Waals surface area contributed by atoms with Gasteiger partial charge in [-0.1, -0.05) is 12.1 Å². The lowest BCUT2D eigenvalue weighted by Gasteiger charge is -2.32. The van der Waals surface area contributed by atoms with Crippen molar-refractivity contribution < 1.29 is 14.0 Å². The molecule has 0 atom stereocenters. The van der Waals surface area contributed by atoms with Gasteiger partial charge in [0.15, 0.2) is 0 Å². The van der Waals surface area contributed by atoms with Gasteiger partial charge in [-0.05, 0) is 39.2 Å². The van der Waals surface area contributed by atoms with Crippen molar-refractivity contribution in [3.8, 4) is 0 Å². The van der Waals surface area contributed by atoms with Crippen LogP contribution in [0.25, 0.3) is 0 Å². The molecule has 2 aliphatic rings. The van der Waals surface area contributed by atoms with Gasteiger partial charge in [0, 0.05) is 17.8 Å². The van der Waals surface area contributed by atoms with Crippen LogP contribution >= 0.6 is 0 Å². The van der Waals surface area contributed by atoms with Gasteiger partial charge in [0.1, 0.15) is 0 Å². The minimum Gasteiger partial charge on any atom is -0.399 e. The topological polar surface area (TPSA) is 39.7 Å². The Hall–Kier alpha value is -1.04. The lowest BCUT2D eigenvalue weighted by molar-refractivity contribution is 0.00578. The molecule has 0 bridgehead atoms. The smallest absolute Gasteiger partial charge is 0.399 e. The molecule has 1 saturated heterocycles. The van der Waals surface area contributed by atoms with Crippen LogP contribution in [0.1, 0.15) is 33.3 Å². The normalized spacial score (nSPS) is 23.9. The summed E-state index contributed by atoms with van der Waals surface area (Å²) in [5, 5.41) is 3.37. The summed E-state index contributed by atoms with van der Waals surface area (Å²) in [6.45, 7) is 10.5. The molecule has 0 aliphatic carbocycles. The van der Waals surface area contributed by atoms with Crippen molar-refractivity contribution in [3.05, 3.63) is 23.8 Å². The summed E-state index contributed by atoms with van der Waals surface area (Å²) in [5.41, 5.74) is 2.74. The van der Waals surface area contributed by atoms with Crippen molar-refractivity contribution >= 4 is 18.3 Å². The Bertz CT molecular complexity index is 500. The van der Waals surface area contributed by atoms with E-state index in [1.807, 2.05) is 0 Å². The van der Waals surface area contributed by atoms with Gasteiger partial charge >= 0.3 is 7.12 Å². The molecule has 0 radical (unpaired) electrons. The first kappa shape index (κ1) is 13.9. The Kier molecular flexibility index (Phi) is 3.31. The quantitative estimate of drug-likeness (QED) is 0.795. The molecule has 2 heterocycles. The number of benzene rings is 1. The molecule has 1 N–H and O–H groups in total. The van der Waals surface area contributed by atoms with Crippen molar-refractivity contribution in [2.45, 2.75) is 45.5 Å². The number of rotatable bonds is 1. The van der Waals surface area contributed by atoms with Gasteiger partial charge in [-0.2, -0.15) is 0 Å². The highest BCUT2D eigenvalue weighted by atomic mass is 16.7. The lowest BCUT2D eigenvalue weighted by Crippen LogP contribution is -2.41. The third-order valence-corrected chi connectivity index (χ3v) is 4.47. The number of hydrogen-bond donors (Lipinski definition) is 1. The molecule has 1 aromatic rings. The van der Waals surface area contributed by atoms with Gasteiger partial charge in [0.05, 0.1) is 24.4 Å². The monoisotopic (exact) mass is 275 g/mol. The highest BCUT2D eigenvalue weighted by Crippen LogP contribution is 2.36. The molecule has 20 heavy (non-hydrogen) atoms. The first-order chi connectivity index (χ1) is 9.39. The van der Waals surface area contributed by atoms with Crippen molar-refractivity contribution in [1.29, 1.82) is 0 Å². The summed E-state index contributed by atoms with van der Waals surface area (Å²) in [4.78, 5) is 0. The largest absolute Gasteiger partial charge is 0.494 e. The van der Waals surface area contributed by atoms with E-state index in [1.54, 1.807) is 0 Å². The van der Waals surface area contributed by atoms with Crippen molar-refractivity contribution in [1.82, 2.24) is 0 Å². The fourth-order valence-electron chi connectivity index (χ4n) is 2.47. The molecule has 1 fully saturated rings. The maximum Gasteiger partial charge on any atom is 0.494 e. The van der Waals surface area contributed by atoms with Crippen LogP contribution in [-0.4, -0.2) is 31.5 Å². The molecule has 108 valence electrons. The van der Waals surface area contributed by atoms with E-state index >= 15 is 0 Å². The van der Waals surface area contributed by atoms with E-state index in [1.165, 1.54) is 0 Å². The molecule has 0 spiro atoms. The lowest BCUT2D eigenvalue weighted by atomic mass is 9.78. The maximum atomic E-state index is 6.09. The first-order valence-corrected chi connectivity index (χ1v) is 7.19. The zero-order valence-electron chi connectivity index (χ0n) is 12.7. The third-order valence-electron chi connectivity index (χ3n) is 4.47. The summed E-state index contributed by atoms with van der Waals surface area (Å²) in [6, 6.07) is 6.28. The second-order valence-corrected chi connectivity index (χ2v) is 6.48. The summed E-state index contributed by atoms with van der Waals surface area (Å²) < 4.78 is 17.8. The van der Waals surface area contributed by atoms with Crippen molar-refractivity contribution in [2.75, 3.05) is 18.5 Å². The second-order valence-electron chi connectivity index (χ2n) is 6.48. The summed E-state index contributed by atoms with van der Waals surface area (Å²) in [7, 11) is -0.312. The van der Waals surface area contributed by atoms with Crippen LogP contribution in [0.4, 0.5) is 5.69 Å². The van der Waals surface area contributed by atoms with Crippen LogP contribution in [-0.2, 0) is 20.7 Å². The highest BCUT2D eigenvalue weighted by molar-refractivity contribution is 6.62. The standard InChI is InChI=1S/C15H22BNO3/c1-14(2)15(3,4)20-16(19-14)12-5-6-13-11(9-12)10-18-8-7-17-13/h5-6,9,17H,7-8,10H2,1-4H3. The maximum absolute atomic E-state index is 6.09. The fourth-order valence-corrected chi connectivity index (χ4v) is 2.47. The molecule has 0 aromatic heterocycles. The summed E-state index contributed by atoms with van der Waals surface area (Å²) >= 11 is 0. The Morgan fingerprint density at radius 1 is 1.10 bits per heavy atom. The Balaban J connectivity index is 1.87. The molecule has 4 nitrogen and oxygen atoms in total. The predicted octanol–water partition coefficient (Wildman–Crippen LogP) is 1.93. The molecule has 0 unspecified atom stereocenters. The van der Waals surface area contributed by atoms with E-state index in [-0.39, 0.29) is 18.3 Å². The van der Waals surface area contributed by atoms with Crippen LogP contribution < -0.4 is 10.8 Å². The first-order valence-electron chi connectivity index (χ1n) is 7.19. The number of anilines is 1. The number of hydrogen-bond acceptors (Lipinski definition) is 4. The van der Waals surface area contributed by atoms with Crippen LogP contribution in [0.5, 0.6) is 0 Å². The Morgan fingerprint density at radius 2 is 1.80 bits per heavy atom. The molecule has 0 saturated carbocycles. The molecule has 5 heteroatoms. The molecule has 3 rings (SSSR count). The highest BCUT2D eigenvalue weighted by Gasteiger charge is 2.51. The fraction of sp³-hybridized carbons (Fsp3) is 0.600. The van der Waals surface area contributed by atoms with E-state index in [0.29, 0.717) is 6.61 Å². The van der Waals surface area contributed by atoms with Crippen molar-refractivity contribution in [2.24, 2.45) is 0 Å². The van der Waals surface area contributed by atoms with Gasteiger partial charge in [-0.25, -0.2) is 0 Å². The minimum atomic E-state index is -0.312. The zero-order valence-corrected chi connectivity index (χ0v) is 12.7. The summed E-state index contributed by atoms with van der Waals surface area (Å²) in [5.74, 6) is 0. The van der Waals surface area contributed by atoms with E-state index in [2.05, 4.69) is 51.2 Å². The van der Waals surface area contributed by atoms with E-state index < -0.39 is 0 Å². The van der Waals surface area contributed by atoms with Gasteiger partial charge in [-0.15, -0.1) is 0 Å². The Labute approximate surface area is 120 Å². The van der Waals surface area contributed by atoms with E-state index in [4.69, 9.17) is 14.0 Å². The van der Waals surface area contributed by atoms with Gasteiger partial charge in [-0.3, -0.25) is 0 Å². The SMILES string of the molecule is CC1(C)OB(c2ccc3c(c2)COCCN3)OC1(C)C. The molecule has 0 amide bonds. The summed E-state index contributed by atoms with van der Waals surface area (Å²) in [6.07, 6.45) is 0. The average Bonchev–Trinajstić information content (AvgIpc) is 2.56. The number of ether oxygens (including phenoxy) is 1. The molecule has 1 aromatic carbocycles. The van der Waals surface area contributed by atoms with E-state index in [9.17, 15) is 0 Å². The average molecular weight is 275 g/mol. The van der Waals surface area contributed by atoms with Crippen LogP contribution in [0.2, 0.25) is 0 Å². The van der Waals surface area contributed by atoms with Crippen LogP contribution in [0.3, 0.4) is 0 Å². The van der Waals surface area contributed by atoms with Crippen molar-refractivity contribution in [3.63, 3.8) is 0 Å². The molecular weight excluding hydrogens is 253 g/mol. The van der Waals surface area contributed by atoms with Gasteiger partial charge in [0.25, 0.3) is 0 Å². The Morgan fingerprint density at radius 3 is 2.50 bits per heavy atom. The number of nitrogens with one attached hydrogen (secondary N) is 1. The minimum absolute atomic E-state index is 0.306. The van der Waals surface area contributed by atoms with Crippen LogP contribution in [0, 0.1) is 0 Å². The van der Waals surface area contributed by atoms with Crippen LogP contribution in [0.15, 0.2) is 18.2 Å². The van der Waals surface area contributed by atoms with Gasteiger partial charge < -0.3 is 19.4 Å². The van der Waals surface area contributed by atoms with E-state index in [0.717, 1.165) is 29.9 Å². The zero-order chi connectivity index (χ0) is 14.4. The molecular formula is C15H22BNO3. The molecule has 2 aliphatic heterocycles. The second kappa shape index (κ2) is 4.76. The predicted molar refractivity (Wildman–Crippen MR) is 80.3 cm³/mol.